The molecule has 21 heavy (non-hydrogen) atoms. The molecule has 0 atom stereocenters. The molecule has 3 nitrogen and oxygen atoms in total. The van der Waals surface area contributed by atoms with Gasteiger partial charge >= 0.3 is 6.18 Å². The third-order valence-corrected chi connectivity index (χ3v) is 2.79. The maximum Gasteiger partial charge on any atom is 0.411 e. The zero-order chi connectivity index (χ0) is 15.9. The molecule has 118 valence electrons. The Kier molecular flexibility index (Phi) is 6.90. The molecule has 0 unspecified atom stereocenters. The highest BCUT2D eigenvalue weighted by Crippen LogP contribution is 2.27. The molecule has 0 bridgehead atoms. The number of hydrogen-bond acceptors (Lipinski definition) is 3. The van der Waals surface area contributed by atoms with Crippen molar-refractivity contribution in [3.63, 3.8) is 0 Å². The number of alkyl halides is 5. The first-order valence-electron chi connectivity index (χ1n) is 5.75. The van der Waals surface area contributed by atoms with Crippen molar-refractivity contribution in [2.75, 3.05) is 18.5 Å². The van der Waals surface area contributed by atoms with Gasteiger partial charge in [-0.25, -0.2) is 0 Å². The molecule has 0 aliphatic heterocycles. The fraction of sp³-hybridized carbons (Fsp3) is 0.417. The van der Waals surface area contributed by atoms with E-state index in [2.05, 4.69) is 10.1 Å². The maximum absolute atomic E-state index is 12.2. The minimum atomic E-state index is -4.43. The Morgan fingerprint density at radius 3 is 2.67 bits per heavy atom. The highest BCUT2D eigenvalue weighted by Gasteiger charge is 2.27. The minimum absolute atomic E-state index is 0.262. The van der Waals surface area contributed by atoms with E-state index < -0.39 is 24.4 Å². The van der Waals surface area contributed by atoms with Gasteiger partial charge in [-0.2, -0.15) is 22.0 Å². The SMILES string of the molecule is O=C(CCOCC(F)(F)F)Nc1cccc(SC(F)F)c1. The summed E-state index contributed by atoms with van der Waals surface area (Å²) in [5.74, 6) is -3.14. The van der Waals surface area contributed by atoms with Crippen molar-refractivity contribution in [3.8, 4) is 0 Å². The first-order chi connectivity index (χ1) is 9.76. The van der Waals surface area contributed by atoms with Crippen LogP contribution in [0.1, 0.15) is 6.42 Å². The summed E-state index contributed by atoms with van der Waals surface area (Å²) in [6.07, 6.45) is -4.69. The molecule has 0 saturated carbocycles. The molecule has 1 aromatic carbocycles. The van der Waals surface area contributed by atoms with Crippen molar-refractivity contribution < 1.29 is 31.5 Å². The Bertz CT molecular complexity index is 467. The van der Waals surface area contributed by atoms with Crippen molar-refractivity contribution in [2.24, 2.45) is 0 Å². The second kappa shape index (κ2) is 8.18. The van der Waals surface area contributed by atoms with Crippen molar-refractivity contribution in [3.05, 3.63) is 24.3 Å². The van der Waals surface area contributed by atoms with Crippen LogP contribution >= 0.6 is 11.8 Å². The lowest BCUT2D eigenvalue weighted by atomic mass is 10.3. The lowest BCUT2D eigenvalue weighted by Crippen LogP contribution is -2.20. The number of anilines is 1. The topological polar surface area (TPSA) is 38.3 Å². The van der Waals surface area contributed by atoms with Crippen LogP contribution in [-0.4, -0.2) is 31.1 Å². The number of carbonyl (C=O) groups is 1. The van der Waals surface area contributed by atoms with Gasteiger partial charge in [-0.15, -0.1) is 0 Å². The molecule has 0 aliphatic carbocycles. The van der Waals surface area contributed by atoms with Crippen molar-refractivity contribution >= 4 is 23.4 Å². The van der Waals surface area contributed by atoms with Crippen LogP contribution in [0.5, 0.6) is 0 Å². The van der Waals surface area contributed by atoms with E-state index in [1.54, 1.807) is 0 Å². The van der Waals surface area contributed by atoms with E-state index in [0.29, 0.717) is 17.4 Å². The fourth-order valence-corrected chi connectivity index (χ4v) is 1.88. The van der Waals surface area contributed by atoms with Gasteiger partial charge in [0.2, 0.25) is 5.91 Å². The van der Waals surface area contributed by atoms with Gasteiger partial charge in [0.25, 0.3) is 5.76 Å². The highest BCUT2D eigenvalue weighted by atomic mass is 32.2. The van der Waals surface area contributed by atoms with E-state index in [4.69, 9.17) is 0 Å². The maximum atomic E-state index is 12.2. The van der Waals surface area contributed by atoms with E-state index in [9.17, 15) is 26.7 Å². The molecular formula is C12H12F5NO2S. The molecule has 1 N–H and O–H groups in total. The summed E-state index contributed by atoms with van der Waals surface area (Å²) in [4.78, 5) is 11.7. The van der Waals surface area contributed by atoms with Crippen molar-refractivity contribution in [2.45, 2.75) is 23.3 Å². The van der Waals surface area contributed by atoms with E-state index in [0.717, 1.165) is 0 Å². The number of amides is 1. The highest BCUT2D eigenvalue weighted by molar-refractivity contribution is 7.99. The second-order valence-electron chi connectivity index (χ2n) is 3.87. The number of hydrogen-bond donors (Lipinski definition) is 1. The van der Waals surface area contributed by atoms with E-state index >= 15 is 0 Å². The van der Waals surface area contributed by atoms with E-state index in [-0.39, 0.29) is 17.9 Å². The van der Waals surface area contributed by atoms with E-state index in [1.807, 2.05) is 0 Å². The van der Waals surface area contributed by atoms with Gasteiger partial charge in [-0.05, 0) is 18.2 Å². The number of halogens is 5. The summed E-state index contributed by atoms with van der Waals surface area (Å²) in [6, 6.07) is 5.79. The zero-order valence-corrected chi connectivity index (χ0v) is 11.4. The largest absolute Gasteiger partial charge is 0.411 e. The predicted octanol–water partition coefficient (Wildman–Crippen LogP) is 3.91. The molecule has 0 spiro atoms. The fourth-order valence-electron chi connectivity index (χ4n) is 1.33. The number of nitrogens with one attached hydrogen (secondary N) is 1. The summed E-state index contributed by atoms with van der Waals surface area (Å²) in [5, 5.41) is 2.39. The minimum Gasteiger partial charge on any atom is -0.372 e. The quantitative estimate of drug-likeness (QED) is 0.468. The molecule has 0 fully saturated rings. The van der Waals surface area contributed by atoms with Gasteiger partial charge in [0.1, 0.15) is 6.61 Å². The molecular weight excluding hydrogens is 317 g/mol. The van der Waals surface area contributed by atoms with Crippen LogP contribution in [0.15, 0.2) is 29.2 Å². The summed E-state index contributed by atoms with van der Waals surface area (Å²) < 4.78 is 64.0. The smallest absolute Gasteiger partial charge is 0.372 e. The normalized spacial score (nSPS) is 11.7. The number of thioether (sulfide) groups is 1. The van der Waals surface area contributed by atoms with Crippen molar-refractivity contribution in [1.29, 1.82) is 0 Å². The van der Waals surface area contributed by atoms with Gasteiger partial charge in [0.05, 0.1) is 13.0 Å². The average molecular weight is 329 g/mol. The molecule has 0 aromatic heterocycles. The van der Waals surface area contributed by atoms with Gasteiger partial charge in [0.15, 0.2) is 0 Å². The Balaban J connectivity index is 2.37. The molecule has 0 aliphatic rings. The van der Waals surface area contributed by atoms with Gasteiger partial charge in [-0.3, -0.25) is 4.79 Å². The monoisotopic (exact) mass is 329 g/mol. The van der Waals surface area contributed by atoms with Crippen LogP contribution in [0, 0.1) is 0 Å². The third-order valence-electron chi connectivity index (χ3n) is 2.08. The van der Waals surface area contributed by atoms with E-state index in [1.165, 1.54) is 24.3 Å². The summed E-state index contributed by atoms with van der Waals surface area (Å²) in [5.41, 5.74) is 0.293. The average Bonchev–Trinajstić information content (AvgIpc) is 2.33. The van der Waals surface area contributed by atoms with Crippen LogP contribution < -0.4 is 5.32 Å². The Labute approximate surface area is 121 Å². The first-order valence-corrected chi connectivity index (χ1v) is 6.63. The molecule has 1 aromatic rings. The number of benzene rings is 1. The Morgan fingerprint density at radius 2 is 2.05 bits per heavy atom. The lowest BCUT2D eigenvalue weighted by Gasteiger charge is -2.09. The van der Waals surface area contributed by atoms with Crippen LogP contribution in [0.2, 0.25) is 0 Å². The molecule has 0 saturated heterocycles. The third kappa shape index (κ3) is 8.51. The lowest BCUT2D eigenvalue weighted by molar-refractivity contribution is -0.174. The van der Waals surface area contributed by atoms with Crippen LogP contribution in [0.3, 0.4) is 0 Å². The number of carbonyl (C=O) groups excluding carboxylic acids is 1. The molecule has 1 rings (SSSR count). The zero-order valence-electron chi connectivity index (χ0n) is 10.6. The number of rotatable bonds is 7. The van der Waals surface area contributed by atoms with Gasteiger partial charge < -0.3 is 10.1 Å². The van der Waals surface area contributed by atoms with Crippen LogP contribution in [0.25, 0.3) is 0 Å². The molecule has 0 radical (unpaired) electrons. The number of ether oxygens (including phenoxy) is 1. The predicted molar refractivity (Wildman–Crippen MR) is 68.4 cm³/mol. The standard InChI is InChI=1S/C12H12F5NO2S/c13-11(14)21-9-3-1-2-8(6-9)18-10(19)4-5-20-7-12(15,16)17/h1-3,6,11H,4-5,7H2,(H,18,19). The molecule has 0 heterocycles. The Morgan fingerprint density at radius 1 is 1.33 bits per heavy atom. The summed E-state index contributed by atoms with van der Waals surface area (Å²) in [6.45, 7) is -1.79. The van der Waals surface area contributed by atoms with Gasteiger partial charge in [0, 0.05) is 10.6 Å². The second-order valence-corrected chi connectivity index (χ2v) is 4.94. The summed E-state index contributed by atoms with van der Waals surface area (Å²) >= 11 is 0.330. The molecule has 9 heteroatoms. The van der Waals surface area contributed by atoms with Crippen LogP contribution in [-0.2, 0) is 9.53 Å². The van der Waals surface area contributed by atoms with Gasteiger partial charge in [-0.1, -0.05) is 17.8 Å². The first kappa shape index (κ1) is 17.7. The Hall–Kier alpha value is -1.35. The summed E-state index contributed by atoms with van der Waals surface area (Å²) in [7, 11) is 0. The van der Waals surface area contributed by atoms with Crippen molar-refractivity contribution in [1.82, 2.24) is 0 Å². The van der Waals surface area contributed by atoms with Crippen LogP contribution in [0.4, 0.5) is 27.6 Å². The molecule has 1 amide bonds.